The van der Waals surface area contributed by atoms with Gasteiger partial charge in [0, 0.05) is 19.0 Å². The number of aromatic nitrogens is 3. The van der Waals surface area contributed by atoms with Gasteiger partial charge in [-0.15, -0.1) is 21.8 Å². The van der Waals surface area contributed by atoms with Crippen LogP contribution < -0.4 is 0 Å². The van der Waals surface area contributed by atoms with Crippen molar-refractivity contribution in [3.05, 3.63) is 41.5 Å². The van der Waals surface area contributed by atoms with E-state index in [0.717, 1.165) is 11.1 Å². The average Bonchev–Trinajstić information content (AvgIpc) is 2.94. The minimum atomic E-state index is -3.54. The molecule has 1 aromatic carbocycles. The molecule has 0 saturated heterocycles. The van der Waals surface area contributed by atoms with Crippen LogP contribution in [0.4, 0.5) is 0 Å². The molecule has 0 N–H and O–H groups in total. The van der Waals surface area contributed by atoms with Gasteiger partial charge in [0.15, 0.2) is 0 Å². The maximum absolute atomic E-state index is 12.7. The molecular weight excluding hydrogens is 312 g/mol. The zero-order valence-electron chi connectivity index (χ0n) is 11.5. The van der Waals surface area contributed by atoms with Crippen LogP contribution in [0.2, 0.25) is 0 Å². The van der Waals surface area contributed by atoms with Gasteiger partial charge in [0.2, 0.25) is 10.0 Å². The normalized spacial score (nSPS) is 15.9. The Balaban J connectivity index is 1.94. The summed E-state index contributed by atoms with van der Waals surface area (Å²) in [7, 11) is -3.54. The SMILES string of the molecule is Cc1ccc(S(=O)(=O)N2CCn3cnnc3C2)cc1CCl. The van der Waals surface area contributed by atoms with Crippen molar-refractivity contribution in [2.45, 2.75) is 30.8 Å². The average molecular weight is 327 g/mol. The first kappa shape index (κ1) is 14.5. The smallest absolute Gasteiger partial charge is 0.243 e. The summed E-state index contributed by atoms with van der Waals surface area (Å²) in [4.78, 5) is 0.275. The second-order valence-electron chi connectivity index (χ2n) is 5.00. The fourth-order valence-electron chi connectivity index (χ4n) is 2.35. The van der Waals surface area contributed by atoms with Crippen molar-refractivity contribution < 1.29 is 8.42 Å². The molecule has 112 valence electrons. The lowest BCUT2D eigenvalue weighted by Crippen LogP contribution is -2.38. The molecule has 2 aromatic rings. The van der Waals surface area contributed by atoms with Crippen molar-refractivity contribution >= 4 is 21.6 Å². The Bertz CT molecular complexity index is 772. The number of halogens is 1. The van der Waals surface area contributed by atoms with Gasteiger partial charge in [0.1, 0.15) is 12.2 Å². The van der Waals surface area contributed by atoms with Gasteiger partial charge >= 0.3 is 0 Å². The van der Waals surface area contributed by atoms with E-state index in [2.05, 4.69) is 10.2 Å². The molecule has 0 saturated carbocycles. The summed E-state index contributed by atoms with van der Waals surface area (Å²) in [5.41, 5.74) is 1.82. The topological polar surface area (TPSA) is 68.1 Å². The third kappa shape index (κ3) is 2.56. The summed E-state index contributed by atoms with van der Waals surface area (Å²) in [6.45, 7) is 3.14. The fourth-order valence-corrected chi connectivity index (χ4v) is 4.08. The molecule has 1 aromatic heterocycles. The number of alkyl halides is 1. The molecule has 0 amide bonds. The molecule has 8 heteroatoms. The monoisotopic (exact) mass is 326 g/mol. The van der Waals surface area contributed by atoms with Gasteiger partial charge in [-0.05, 0) is 30.2 Å². The summed E-state index contributed by atoms with van der Waals surface area (Å²) < 4.78 is 28.7. The lowest BCUT2D eigenvalue weighted by atomic mass is 10.1. The number of aryl methyl sites for hydroxylation is 1. The van der Waals surface area contributed by atoms with Crippen LogP contribution in [0, 0.1) is 6.92 Å². The van der Waals surface area contributed by atoms with Gasteiger partial charge < -0.3 is 4.57 Å². The van der Waals surface area contributed by atoms with Crippen LogP contribution in [0.3, 0.4) is 0 Å². The number of rotatable bonds is 3. The summed E-state index contributed by atoms with van der Waals surface area (Å²) in [5.74, 6) is 0.957. The Morgan fingerprint density at radius 2 is 2.14 bits per heavy atom. The predicted octanol–water partition coefficient (Wildman–Crippen LogP) is 1.53. The largest absolute Gasteiger partial charge is 0.315 e. The van der Waals surface area contributed by atoms with E-state index in [1.807, 2.05) is 11.5 Å². The third-order valence-electron chi connectivity index (χ3n) is 3.71. The van der Waals surface area contributed by atoms with Gasteiger partial charge in [-0.2, -0.15) is 4.31 Å². The van der Waals surface area contributed by atoms with E-state index in [1.54, 1.807) is 24.5 Å². The highest BCUT2D eigenvalue weighted by atomic mass is 35.5. The molecule has 0 aliphatic carbocycles. The van der Waals surface area contributed by atoms with E-state index in [-0.39, 0.29) is 11.4 Å². The first-order chi connectivity index (χ1) is 10.0. The molecule has 1 aliphatic rings. The predicted molar refractivity (Wildman–Crippen MR) is 78.4 cm³/mol. The second kappa shape index (κ2) is 5.40. The molecule has 0 unspecified atom stereocenters. The summed E-state index contributed by atoms with van der Waals surface area (Å²) >= 11 is 5.86. The van der Waals surface area contributed by atoms with Crippen molar-refractivity contribution in [2.75, 3.05) is 6.54 Å². The Morgan fingerprint density at radius 3 is 2.90 bits per heavy atom. The van der Waals surface area contributed by atoms with E-state index in [1.165, 1.54) is 4.31 Å². The number of sulfonamides is 1. The van der Waals surface area contributed by atoms with Crippen molar-refractivity contribution in [1.29, 1.82) is 0 Å². The van der Waals surface area contributed by atoms with Crippen LogP contribution >= 0.6 is 11.6 Å². The summed E-state index contributed by atoms with van der Waals surface area (Å²) in [5, 5.41) is 7.75. The molecule has 0 atom stereocenters. The zero-order valence-corrected chi connectivity index (χ0v) is 13.1. The van der Waals surface area contributed by atoms with E-state index in [0.29, 0.717) is 24.8 Å². The van der Waals surface area contributed by atoms with E-state index >= 15 is 0 Å². The number of fused-ring (bicyclic) bond motifs is 1. The highest BCUT2D eigenvalue weighted by Crippen LogP contribution is 2.23. The first-order valence-corrected chi connectivity index (χ1v) is 8.52. The molecule has 0 bridgehead atoms. The standard InChI is InChI=1S/C13H15ClN4O2S/c1-10-2-3-12(6-11(10)7-14)21(19,20)18-5-4-17-9-15-16-13(17)8-18/h2-3,6,9H,4-5,7-8H2,1H3. The molecule has 2 heterocycles. The summed E-state index contributed by atoms with van der Waals surface area (Å²) in [6.07, 6.45) is 1.62. The molecule has 6 nitrogen and oxygen atoms in total. The lowest BCUT2D eigenvalue weighted by Gasteiger charge is -2.26. The molecule has 21 heavy (non-hydrogen) atoms. The van der Waals surface area contributed by atoms with Gasteiger partial charge in [-0.3, -0.25) is 0 Å². The Hall–Kier alpha value is -1.44. The molecule has 0 radical (unpaired) electrons. The third-order valence-corrected chi connectivity index (χ3v) is 5.84. The molecule has 3 rings (SSSR count). The number of hydrogen-bond donors (Lipinski definition) is 0. The minimum Gasteiger partial charge on any atom is -0.315 e. The van der Waals surface area contributed by atoms with E-state index < -0.39 is 10.0 Å². The van der Waals surface area contributed by atoms with Crippen LogP contribution in [-0.4, -0.2) is 34.0 Å². The van der Waals surface area contributed by atoms with Crippen molar-refractivity contribution in [3.63, 3.8) is 0 Å². The van der Waals surface area contributed by atoms with Crippen molar-refractivity contribution in [1.82, 2.24) is 19.1 Å². The number of benzene rings is 1. The van der Waals surface area contributed by atoms with Crippen molar-refractivity contribution in [2.24, 2.45) is 0 Å². The van der Waals surface area contributed by atoms with Gasteiger partial charge in [0.05, 0.1) is 11.4 Å². The molecule has 0 fully saturated rings. The Morgan fingerprint density at radius 1 is 1.33 bits per heavy atom. The lowest BCUT2D eigenvalue weighted by molar-refractivity contribution is 0.335. The fraction of sp³-hybridized carbons (Fsp3) is 0.385. The maximum atomic E-state index is 12.7. The number of nitrogens with zero attached hydrogens (tertiary/aromatic N) is 4. The van der Waals surface area contributed by atoms with Gasteiger partial charge in [-0.1, -0.05) is 6.07 Å². The highest BCUT2D eigenvalue weighted by molar-refractivity contribution is 7.89. The van der Waals surface area contributed by atoms with E-state index in [4.69, 9.17) is 11.6 Å². The molecular formula is C13H15ClN4O2S. The van der Waals surface area contributed by atoms with Gasteiger partial charge in [0.25, 0.3) is 0 Å². The minimum absolute atomic E-state index is 0.242. The molecule has 0 spiro atoms. The maximum Gasteiger partial charge on any atom is 0.243 e. The van der Waals surface area contributed by atoms with E-state index in [9.17, 15) is 8.42 Å². The Labute approximate surface area is 128 Å². The summed E-state index contributed by atoms with van der Waals surface area (Å²) in [6, 6.07) is 5.06. The highest BCUT2D eigenvalue weighted by Gasteiger charge is 2.29. The quantitative estimate of drug-likeness (QED) is 0.802. The van der Waals surface area contributed by atoms with Crippen LogP contribution in [-0.2, 0) is 29.0 Å². The van der Waals surface area contributed by atoms with Crippen LogP contribution in [0.15, 0.2) is 29.4 Å². The van der Waals surface area contributed by atoms with Crippen LogP contribution in [0.1, 0.15) is 17.0 Å². The van der Waals surface area contributed by atoms with Crippen molar-refractivity contribution in [3.8, 4) is 0 Å². The van der Waals surface area contributed by atoms with Crippen LogP contribution in [0.5, 0.6) is 0 Å². The number of hydrogen-bond acceptors (Lipinski definition) is 4. The molecule has 1 aliphatic heterocycles. The van der Waals surface area contributed by atoms with Gasteiger partial charge in [-0.25, -0.2) is 8.42 Å². The van der Waals surface area contributed by atoms with Crippen LogP contribution in [0.25, 0.3) is 0 Å². The second-order valence-corrected chi connectivity index (χ2v) is 7.21. The zero-order chi connectivity index (χ0) is 15.0. The first-order valence-electron chi connectivity index (χ1n) is 6.54. The Kier molecular flexibility index (Phi) is 3.73.